The fourth-order valence-corrected chi connectivity index (χ4v) is 2.45. The molecule has 0 unspecified atom stereocenters. The van der Waals surface area contributed by atoms with Gasteiger partial charge in [-0.2, -0.15) is 0 Å². The molecule has 104 valence electrons. The zero-order valence-corrected chi connectivity index (χ0v) is 11.1. The van der Waals surface area contributed by atoms with Gasteiger partial charge in [0.15, 0.2) is 0 Å². The van der Waals surface area contributed by atoms with Crippen LogP contribution in [0.5, 0.6) is 0 Å². The van der Waals surface area contributed by atoms with Gasteiger partial charge in [0.2, 0.25) is 0 Å². The summed E-state index contributed by atoms with van der Waals surface area (Å²) in [6.07, 6.45) is 0.0577. The summed E-state index contributed by atoms with van der Waals surface area (Å²) in [4.78, 5) is 12.7. The Hall–Kier alpha value is -1.66. The fourth-order valence-electron chi connectivity index (χ4n) is 2.45. The van der Waals surface area contributed by atoms with Crippen molar-refractivity contribution in [2.75, 3.05) is 18.0 Å². The first-order chi connectivity index (χ1) is 9.01. The molecule has 1 fully saturated rings. The van der Waals surface area contributed by atoms with E-state index in [1.807, 2.05) is 18.7 Å². The monoisotopic (exact) mass is 266 g/mol. The summed E-state index contributed by atoms with van der Waals surface area (Å²) in [6.45, 7) is 5.00. The third kappa shape index (κ3) is 3.02. The molecular weight excluding hydrogens is 248 g/mol. The van der Waals surface area contributed by atoms with Crippen LogP contribution in [0.4, 0.5) is 11.4 Å². The number of hydrogen-bond acceptors (Lipinski definition) is 5. The number of nitro groups is 1. The van der Waals surface area contributed by atoms with Gasteiger partial charge in [0.25, 0.3) is 5.69 Å². The third-order valence-corrected chi connectivity index (χ3v) is 3.18. The number of morpholine rings is 1. The maximum Gasteiger partial charge on any atom is 0.292 e. The number of nitro benzene ring substituents is 1. The van der Waals surface area contributed by atoms with Crippen LogP contribution >= 0.6 is 0 Å². The first-order valence-electron chi connectivity index (χ1n) is 6.30. The van der Waals surface area contributed by atoms with Crippen molar-refractivity contribution < 1.29 is 14.8 Å². The Bertz CT molecular complexity index is 468. The second-order valence-electron chi connectivity index (χ2n) is 4.90. The SMILES string of the molecule is C[C@@H]1CN(c2cc(CO)ccc2[N+](=O)[O-])C[C@H](C)O1. The Labute approximate surface area is 111 Å². The van der Waals surface area contributed by atoms with Crippen molar-refractivity contribution in [3.8, 4) is 0 Å². The normalized spacial score (nSPS) is 23.4. The van der Waals surface area contributed by atoms with E-state index in [-0.39, 0.29) is 29.4 Å². The van der Waals surface area contributed by atoms with E-state index in [9.17, 15) is 15.2 Å². The number of hydrogen-bond donors (Lipinski definition) is 1. The Balaban J connectivity index is 2.38. The van der Waals surface area contributed by atoms with Crippen LogP contribution in [0.15, 0.2) is 18.2 Å². The minimum absolute atomic E-state index is 0.0288. The van der Waals surface area contributed by atoms with E-state index in [1.165, 1.54) is 6.07 Å². The Kier molecular flexibility index (Phi) is 4.01. The lowest BCUT2D eigenvalue weighted by molar-refractivity contribution is -0.384. The average molecular weight is 266 g/mol. The third-order valence-electron chi connectivity index (χ3n) is 3.18. The topological polar surface area (TPSA) is 75.8 Å². The summed E-state index contributed by atoms with van der Waals surface area (Å²) < 4.78 is 5.63. The van der Waals surface area contributed by atoms with Crippen molar-refractivity contribution in [3.05, 3.63) is 33.9 Å². The first kappa shape index (κ1) is 13.8. The van der Waals surface area contributed by atoms with Gasteiger partial charge in [0.1, 0.15) is 5.69 Å². The van der Waals surface area contributed by atoms with Gasteiger partial charge in [0, 0.05) is 19.2 Å². The summed E-state index contributed by atoms with van der Waals surface area (Å²) in [5, 5.41) is 20.3. The molecule has 1 aromatic carbocycles. The molecule has 1 aliphatic rings. The molecule has 0 saturated carbocycles. The highest BCUT2D eigenvalue weighted by Gasteiger charge is 2.27. The van der Waals surface area contributed by atoms with Crippen LogP contribution in [-0.4, -0.2) is 35.3 Å². The Morgan fingerprint density at radius 2 is 2.05 bits per heavy atom. The van der Waals surface area contributed by atoms with Crippen LogP contribution in [0.25, 0.3) is 0 Å². The molecule has 0 aromatic heterocycles. The molecule has 1 aromatic rings. The van der Waals surface area contributed by atoms with E-state index in [2.05, 4.69) is 0 Å². The number of ether oxygens (including phenoxy) is 1. The molecule has 6 heteroatoms. The number of benzene rings is 1. The van der Waals surface area contributed by atoms with Gasteiger partial charge in [0.05, 0.1) is 23.7 Å². The Morgan fingerprint density at radius 1 is 1.42 bits per heavy atom. The zero-order chi connectivity index (χ0) is 14.0. The van der Waals surface area contributed by atoms with E-state index in [0.717, 1.165) is 0 Å². The first-order valence-corrected chi connectivity index (χ1v) is 6.30. The molecule has 0 aliphatic carbocycles. The quantitative estimate of drug-likeness (QED) is 0.665. The summed E-state index contributed by atoms with van der Waals surface area (Å²) in [5.41, 5.74) is 1.30. The lowest BCUT2D eigenvalue weighted by Crippen LogP contribution is -2.45. The standard InChI is InChI=1S/C13H18N2O4/c1-9-6-14(7-10(2)19-9)13-5-11(8-16)3-4-12(13)15(17)18/h3-5,9-10,16H,6-8H2,1-2H3/t9-,10+. The molecule has 1 aliphatic heterocycles. The van der Waals surface area contributed by atoms with Gasteiger partial charge >= 0.3 is 0 Å². The number of anilines is 1. The van der Waals surface area contributed by atoms with E-state index >= 15 is 0 Å². The summed E-state index contributed by atoms with van der Waals surface area (Å²) in [6, 6.07) is 4.71. The van der Waals surface area contributed by atoms with E-state index in [0.29, 0.717) is 24.3 Å². The van der Waals surface area contributed by atoms with Crippen molar-refractivity contribution >= 4 is 11.4 Å². The van der Waals surface area contributed by atoms with Gasteiger partial charge in [-0.25, -0.2) is 0 Å². The molecule has 19 heavy (non-hydrogen) atoms. The second kappa shape index (κ2) is 5.54. The van der Waals surface area contributed by atoms with Gasteiger partial charge < -0.3 is 14.7 Å². The Morgan fingerprint density at radius 3 is 2.58 bits per heavy atom. The van der Waals surface area contributed by atoms with E-state index in [1.54, 1.807) is 12.1 Å². The van der Waals surface area contributed by atoms with Crippen molar-refractivity contribution in [2.45, 2.75) is 32.7 Å². The van der Waals surface area contributed by atoms with Gasteiger partial charge in [-0.15, -0.1) is 0 Å². The second-order valence-corrected chi connectivity index (χ2v) is 4.90. The summed E-state index contributed by atoms with van der Waals surface area (Å²) >= 11 is 0. The van der Waals surface area contributed by atoms with Crippen LogP contribution in [0.3, 0.4) is 0 Å². The van der Waals surface area contributed by atoms with Gasteiger partial charge in [-0.1, -0.05) is 0 Å². The maximum absolute atomic E-state index is 11.1. The minimum Gasteiger partial charge on any atom is -0.392 e. The highest BCUT2D eigenvalue weighted by Crippen LogP contribution is 2.31. The predicted molar refractivity (Wildman–Crippen MR) is 71.2 cm³/mol. The molecule has 1 saturated heterocycles. The molecule has 6 nitrogen and oxygen atoms in total. The lowest BCUT2D eigenvalue weighted by Gasteiger charge is -2.36. The maximum atomic E-state index is 11.1. The molecular formula is C13H18N2O4. The van der Waals surface area contributed by atoms with Crippen molar-refractivity contribution in [1.29, 1.82) is 0 Å². The molecule has 0 spiro atoms. The fraction of sp³-hybridized carbons (Fsp3) is 0.538. The number of rotatable bonds is 3. The predicted octanol–water partition coefficient (Wildman–Crippen LogP) is 1.70. The van der Waals surface area contributed by atoms with Crippen LogP contribution in [-0.2, 0) is 11.3 Å². The van der Waals surface area contributed by atoms with Crippen LogP contribution in [0, 0.1) is 10.1 Å². The van der Waals surface area contributed by atoms with Crippen molar-refractivity contribution in [2.24, 2.45) is 0 Å². The number of aliphatic hydroxyl groups excluding tert-OH is 1. The van der Waals surface area contributed by atoms with Crippen LogP contribution in [0.1, 0.15) is 19.4 Å². The zero-order valence-electron chi connectivity index (χ0n) is 11.1. The molecule has 2 rings (SSSR count). The van der Waals surface area contributed by atoms with Crippen molar-refractivity contribution in [3.63, 3.8) is 0 Å². The van der Waals surface area contributed by atoms with Gasteiger partial charge in [-0.05, 0) is 31.5 Å². The summed E-state index contributed by atoms with van der Waals surface area (Å²) in [5.74, 6) is 0. The van der Waals surface area contributed by atoms with E-state index in [4.69, 9.17) is 4.74 Å². The summed E-state index contributed by atoms with van der Waals surface area (Å²) in [7, 11) is 0. The minimum atomic E-state index is -0.388. The molecule has 1 N–H and O–H groups in total. The number of aliphatic hydroxyl groups is 1. The lowest BCUT2D eigenvalue weighted by atomic mass is 10.1. The van der Waals surface area contributed by atoms with Crippen LogP contribution in [0.2, 0.25) is 0 Å². The highest BCUT2D eigenvalue weighted by molar-refractivity contribution is 5.64. The van der Waals surface area contributed by atoms with Crippen molar-refractivity contribution in [1.82, 2.24) is 0 Å². The largest absolute Gasteiger partial charge is 0.392 e. The highest BCUT2D eigenvalue weighted by atomic mass is 16.6. The smallest absolute Gasteiger partial charge is 0.292 e. The molecule has 2 atom stereocenters. The average Bonchev–Trinajstić information content (AvgIpc) is 2.36. The van der Waals surface area contributed by atoms with Gasteiger partial charge in [-0.3, -0.25) is 10.1 Å². The molecule has 0 radical (unpaired) electrons. The molecule has 0 bridgehead atoms. The molecule has 0 amide bonds. The molecule has 1 heterocycles. The van der Waals surface area contributed by atoms with Crippen LogP contribution < -0.4 is 4.90 Å². The number of nitrogens with zero attached hydrogens (tertiary/aromatic N) is 2. The van der Waals surface area contributed by atoms with E-state index < -0.39 is 0 Å².